The third-order valence-electron chi connectivity index (χ3n) is 1.61. The number of carboxylic acids is 1. The molecule has 0 heterocycles. The Balaban J connectivity index is 3.57. The van der Waals surface area contributed by atoms with Gasteiger partial charge in [-0.25, -0.2) is 9.18 Å². The van der Waals surface area contributed by atoms with E-state index in [1.165, 1.54) is 0 Å². The number of alkyl halides is 3. The molecule has 1 N–H and O–H groups in total. The number of hydrogen-bond donors (Lipinski definition) is 1. The predicted molar refractivity (Wildman–Crippen MR) is 43.4 cm³/mol. The van der Waals surface area contributed by atoms with Crippen LogP contribution in [0.1, 0.15) is 15.9 Å². The summed E-state index contributed by atoms with van der Waals surface area (Å²) in [6, 6.07) is 1.37. The normalized spacial score (nSPS) is 11.5. The highest BCUT2D eigenvalue weighted by Crippen LogP contribution is 2.36. The fraction of sp³-hybridized carbons (Fsp3) is 0.125. The molecule has 0 atom stereocenters. The number of hydrogen-bond acceptors (Lipinski definition) is 1. The van der Waals surface area contributed by atoms with Crippen LogP contribution in [-0.4, -0.2) is 11.1 Å². The maximum Gasteiger partial charge on any atom is 0.420 e. The van der Waals surface area contributed by atoms with Gasteiger partial charge in [-0.2, -0.15) is 13.2 Å². The average Bonchev–Trinajstić information content (AvgIpc) is 2.06. The first kappa shape index (κ1) is 11.8. The number of carbonyl (C=O) groups is 1. The lowest BCUT2D eigenvalue weighted by molar-refractivity contribution is -0.140. The molecule has 0 saturated heterocycles. The molecule has 1 aromatic rings. The molecule has 1 aromatic carbocycles. The molecule has 0 radical (unpaired) electrons. The average molecular weight is 243 g/mol. The van der Waals surface area contributed by atoms with Crippen LogP contribution in [0, 0.1) is 5.82 Å². The Bertz CT molecular complexity index is 414. The van der Waals surface area contributed by atoms with Gasteiger partial charge in [-0.1, -0.05) is 11.6 Å². The first-order valence-electron chi connectivity index (χ1n) is 3.53. The van der Waals surface area contributed by atoms with Crippen molar-refractivity contribution in [3.63, 3.8) is 0 Å². The van der Waals surface area contributed by atoms with Gasteiger partial charge in [0.15, 0.2) is 5.82 Å². The van der Waals surface area contributed by atoms with E-state index in [9.17, 15) is 22.4 Å². The van der Waals surface area contributed by atoms with Gasteiger partial charge in [0.25, 0.3) is 0 Å². The van der Waals surface area contributed by atoms with Crippen molar-refractivity contribution < 1.29 is 27.5 Å². The lowest BCUT2D eigenvalue weighted by atomic mass is 10.1. The fourth-order valence-corrected chi connectivity index (χ4v) is 1.16. The maximum absolute atomic E-state index is 13.0. The highest BCUT2D eigenvalue weighted by Gasteiger charge is 2.39. The van der Waals surface area contributed by atoms with Gasteiger partial charge in [-0.05, 0) is 12.1 Å². The molecule has 0 bridgehead atoms. The summed E-state index contributed by atoms with van der Waals surface area (Å²) in [6.07, 6.45) is -5.09. The second-order valence-corrected chi connectivity index (χ2v) is 2.99. The topological polar surface area (TPSA) is 37.3 Å². The minimum atomic E-state index is -5.09. The summed E-state index contributed by atoms with van der Waals surface area (Å²) in [5.74, 6) is -3.64. The van der Waals surface area contributed by atoms with E-state index >= 15 is 0 Å². The molecule has 0 aromatic heterocycles. The van der Waals surface area contributed by atoms with Crippen LogP contribution in [0.25, 0.3) is 0 Å². The zero-order valence-electron chi connectivity index (χ0n) is 6.90. The first-order chi connectivity index (χ1) is 6.75. The van der Waals surface area contributed by atoms with Crippen LogP contribution in [0.3, 0.4) is 0 Å². The Labute approximate surface area is 86.1 Å². The molecule has 15 heavy (non-hydrogen) atoms. The number of aromatic carboxylic acids is 1. The number of carboxylic acid groups (broad SMARTS) is 1. The smallest absolute Gasteiger partial charge is 0.420 e. The van der Waals surface area contributed by atoms with Crippen LogP contribution in [0.4, 0.5) is 17.6 Å². The maximum atomic E-state index is 13.0. The monoisotopic (exact) mass is 242 g/mol. The van der Waals surface area contributed by atoms with Crippen LogP contribution in [0.5, 0.6) is 0 Å². The minimum Gasteiger partial charge on any atom is -0.478 e. The van der Waals surface area contributed by atoms with Gasteiger partial charge in [-0.3, -0.25) is 0 Å². The van der Waals surface area contributed by atoms with Crippen molar-refractivity contribution in [2.75, 3.05) is 0 Å². The standard InChI is InChI=1S/C8H3ClF4O2/c9-4-2-1-3(7(14)15)5(6(4)10)8(11,12)13/h1-2H,(H,14,15). The van der Waals surface area contributed by atoms with Gasteiger partial charge in [-0.15, -0.1) is 0 Å². The zero-order chi connectivity index (χ0) is 11.8. The molecule has 7 heteroatoms. The fourth-order valence-electron chi connectivity index (χ4n) is 1.01. The number of rotatable bonds is 1. The Morgan fingerprint density at radius 3 is 2.27 bits per heavy atom. The van der Waals surface area contributed by atoms with Crippen LogP contribution >= 0.6 is 11.6 Å². The van der Waals surface area contributed by atoms with Gasteiger partial charge in [0.1, 0.15) is 5.56 Å². The molecule has 2 nitrogen and oxygen atoms in total. The van der Waals surface area contributed by atoms with Crippen molar-refractivity contribution in [1.29, 1.82) is 0 Å². The third kappa shape index (κ3) is 2.20. The molecule has 82 valence electrons. The van der Waals surface area contributed by atoms with Gasteiger partial charge < -0.3 is 5.11 Å². The van der Waals surface area contributed by atoms with Gasteiger partial charge >= 0.3 is 12.1 Å². The van der Waals surface area contributed by atoms with Crippen LogP contribution < -0.4 is 0 Å². The summed E-state index contributed by atoms with van der Waals surface area (Å²) < 4.78 is 49.9. The summed E-state index contributed by atoms with van der Waals surface area (Å²) in [7, 11) is 0. The molecule has 0 aliphatic rings. The molecular weight excluding hydrogens is 240 g/mol. The molecule has 0 fully saturated rings. The van der Waals surface area contributed by atoms with Gasteiger partial charge in [0.2, 0.25) is 0 Å². The van der Waals surface area contributed by atoms with E-state index < -0.39 is 34.1 Å². The second-order valence-electron chi connectivity index (χ2n) is 2.59. The zero-order valence-corrected chi connectivity index (χ0v) is 7.66. The Morgan fingerprint density at radius 1 is 1.33 bits per heavy atom. The van der Waals surface area contributed by atoms with E-state index in [1.807, 2.05) is 0 Å². The lowest BCUT2D eigenvalue weighted by Gasteiger charge is -2.11. The molecule has 0 aliphatic carbocycles. The molecular formula is C8H3ClF4O2. The van der Waals surface area contributed by atoms with Crippen LogP contribution in [0.2, 0.25) is 5.02 Å². The van der Waals surface area contributed by atoms with Crippen molar-refractivity contribution in [2.45, 2.75) is 6.18 Å². The van der Waals surface area contributed by atoms with Crippen LogP contribution in [0.15, 0.2) is 12.1 Å². The summed E-state index contributed by atoms with van der Waals surface area (Å²) >= 11 is 5.13. The number of benzene rings is 1. The van der Waals surface area contributed by atoms with Crippen molar-refractivity contribution in [3.05, 3.63) is 34.1 Å². The quantitative estimate of drug-likeness (QED) is 0.768. The Morgan fingerprint density at radius 2 is 1.87 bits per heavy atom. The number of halogens is 5. The summed E-state index contributed by atoms with van der Waals surface area (Å²) in [4.78, 5) is 10.4. The second kappa shape index (κ2) is 3.69. The van der Waals surface area contributed by atoms with E-state index in [0.29, 0.717) is 6.07 Å². The first-order valence-corrected chi connectivity index (χ1v) is 3.91. The molecule has 1 rings (SSSR count). The van der Waals surface area contributed by atoms with Crippen molar-refractivity contribution in [3.8, 4) is 0 Å². The van der Waals surface area contributed by atoms with Gasteiger partial charge in [0, 0.05) is 0 Å². The van der Waals surface area contributed by atoms with E-state index in [1.54, 1.807) is 0 Å². The van der Waals surface area contributed by atoms with Crippen LogP contribution in [-0.2, 0) is 6.18 Å². The van der Waals surface area contributed by atoms with Crippen molar-refractivity contribution >= 4 is 17.6 Å². The Kier molecular flexibility index (Phi) is 2.90. The molecule has 0 aliphatic heterocycles. The molecule has 0 spiro atoms. The van der Waals surface area contributed by atoms with Gasteiger partial charge in [0.05, 0.1) is 10.6 Å². The minimum absolute atomic E-state index is 0.608. The third-order valence-corrected chi connectivity index (χ3v) is 1.90. The van der Waals surface area contributed by atoms with E-state index in [4.69, 9.17) is 16.7 Å². The lowest BCUT2D eigenvalue weighted by Crippen LogP contribution is -2.15. The van der Waals surface area contributed by atoms with E-state index in [0.717, 1.165) is 6.07 Å². The summed E-state index contributed by atoms with van der Waals surface area (Å²) in [6.45, 7) is 0. The largest absolute Gasteiger partial charge is 0.478 e. The van der Waals surface area contributed by atoms with Crippen molar-refractivity contribution in [1.82, 2.24) is 0 Å². The summed E-state index contributed by atoms with van der Waals surface area (Å²) in [5.41, 5.74) is -3.02. The molecule has 0 amide bonds. The van der Waals surface area contributed by atoms with E-state index in [-0.39, 0.29) is 0 Å². The van der Waals surface area contributed by atoms with E-state index in [2.05, 4.69) is 0 Å². The summed E-state index contributed by atoms with van der Waals surface area (Å²) in [5, 5.41) is 7.66. The highest BCUT2D eigenvalue weighted by atomic mass is 35.5. The molecule has 0 saturated carbocycles. The van der Waals surface area contributed by atoms with Crippen molar-refractivity contribution in [2.24, 2.45) is 0 Å². The predicted octanol–water partition coefficient (Wildman–Crippen LogP) is 3.20. The SMILES string of the molecule is O=C(O)c1ccc(Cl)c(F)c1C(F)(F)F. The highest BCUT2D eigenvalue weighted by molar-refractivity contribution is 6.30. The molecule has 0 unspecified atom stereocenters. The Hall–Kier alpha value is -1.30.